The van der Waals surface area contributed by atoms with Gasteiger partial charge in [0.15, 0.2) is 17.2 Å². The van der Waals surface area contributed by atoms with E-state index in [1.807, 2.05) is 5.48 Å². The van der Waals surface area contributed by atoms with Crippen molar-refractivity contribution in [3.05, 3.63) is 53.4 Å². The molecule has 2 N–H and O–H groups in total. The van der Waals surface area contributed by atoms with Gasteiger partial charge in [0.25, 0.3) is 11.8 Å². The zero-order chi connectivity index (χ0) is 26.1. The Labute approximate surface area is 196 Å². The molecular formula is C22H22F5N3O5. The molecule has 1 fully saturated rings. The fourth-order valence-electron chi connectivity index (χ4n) is 4.03. The Morgan fingerprint density at radius 1 is 1.17 bits per heavy atom. The normalized spacial score (nSPS) is 24.2. The van der Waals surface area contributed by atoms with Gasteiger partial charge in [-0.1, -0.05) is 13.0 Å². The van der Waals surface area contributed by atoms with Gasteiger partial charge in [0.05, 0.1) is 14.2 Å². The molecule has 1 aromatic heterocycles. The van der Waals surface area contributed by atoms with Crippen molar-refractivity contribution in [2.24, 2.45) is 5.92 Å². The van der Waals surface area contributed by atoms with Gasteiger partial charge in [0.2, 0.25) is 5.82 Å². The zero-order valence-corrected chi connectivity index (χ0v) is 19.0. The van der Waals surface area contributed by atoms with Crippen LogP contribution in [0.1, 0.15) is 35.8 Å². The molecule has 0 unspecified atom stereocenters. The summed E-state index contributed by atoms with van der Waals surface area (Å²) in [6.45, 7) is 1.98. The molecule has 4 atom stereocenters. The number of hydroxylamine groups is 1. The van der Waals surface area contributed by atoms with Crippen LogP contribution >= 0.6 is 0 Å². The van der Waals surface area contributed by atoms with Gasteiger partial charge in [-0.25, -0.2) is 9.87 Å². The Morgan fingerprint density at radius 2 is 1.86 bits per heavy atom. The molecule has 8 nitrogen and oxygen atoms in total. The maximum Gasteiger partial charge on any atom is 0.417 e. The first-order valence-corrected chi connectivity index (χ1v) is 10.2. The van der Waals surface area contributed by atoms with Crippen molar-refractivity contribution >= 4 is 17.5 Å². The fourth-order valence-corrected chi connectivity index (χ4v) is 4.03. The van der Waals surface area contributed by atoms with Crippen molar-refractivity contribution < 1.29 is 45.9 Å². The SMILES string of the molecule is CONC(=O)c1cc(NC(=O)[C@H]2O[C@](C)(C(F)(F)F)[C@H](C)[C@@H]2c2ccc(F)c(F)c2OC)ccn1. The largest absolute Gasteiger partial charge is 0.493 e. The van der Waals surface area contributed by atoms with Gasteiger partial charge in [-0.05, 0) is 25.1 Å². The Morgan fingerprint density at radius 3 is 2.46 bits per heavy atom. The van der Waals surface area contributed by atoms with Crippen LogP contribution in [0, 0.1) is 17.6 Å². The summed E-state index contributed by atoms with van der Waals surface area (Å²) in [5, 5.41) is 2.39. The predicted molar refractivity (Wildman–Crippen MR) is 111 cm³/mol. The number of hydrogen-bond donors (Lipinski definition) is 2. The summed E-state index contributed by atoms with van der Waals surface area (Å²) in [4.78, 5) is 33.4. The Balaban J connectivity index is 2.03. The standard InChI is InChI=1S/C22H22F5N3O5/c1-10-15(12-5-6-13(23)16(24)17(12)33-3)18(35-21(10,2)22(25,26)27)20(32)29-11-7-8-28-14(9-11)19(31)30-34-4/h5-10,15,18H,1-4H3,(H,30,31)(H,28,29,32)/t10-,15-,18+,21+/m1/s1. The lowest BCUT2D eigenvalue weighted by Crippen LogP contribution is -2.47. The molecule has 2 amide bonds. The van der Waals surface area contributed by atoms with E-state index < -0.39 is 58.9 Å². The lowest BCUT2D eigenvalue weighted by molar-refractivity contribution is -0.272. The number of carbonyl (C=O) groups is 2. The van der Waals surface area contributed by atoms with E-state index in [1.165, 1.54) is 32.4 Å². The predicted octanol–water partition coefficient (Wildman–Crippen LogP) is 3.74. The molecule has 1 aliphatic heterocycles. The molecule has 0 aliphatic carbocycles. The van der Waals surface area contributed by atoms with Gasteiger partial charge in [0.1, 0.15) is 11.8 Å². The molecule has 0 bridgehead atoms. The summed E-state index contributed by atoms with van der Waals surface area (Å²) in [5.74, 6) is -7.82. The Hall–Kier alpha value is -3.32. The van der Waals surface area contributed by atoms with Crippen molar-refractivity contribution in [2.75, 3.05) is 19.5 Å². The summed E-state index contributed by atoms with van der Waals surface area (Å²) in [5.41, 5.74) is -1.04. The van der Waals surface area contributed by atoms with Crippen LogP contribution in [-0.4, -0.2) is 48.9 Å². The Kier molecular flexibility index (Phi) is 7.31. The van der Waals surface area contributed by atoms with Crippen LogP contribution in [0.4, 0.5) is 27.6 Å². The molecule has 0 saturated carbocycles. The maximum atomic E-state index is 14.4. The third kappa shape index (κ3) is 4.78. The third-order valence-electron chi connectivity index (χ3n) is 6.03. The summed E-state index contributed by atoms with van der Waals surface area (Å²) < 4.78 is 80.4. The Bertz CT molecular complexity index is 1130. The topological polar surface area (TPSA) is 98.8 Å². The first kappa shape index (κ1) is 26.3. The molecule has 0 radical (unpaired) electrons. The second-order valence-electron chi connectivity index (χ2n) is 8.00. The van der Waals surface area contributed by atoms with Crippen LogP contribution in [-0.2, 0) is 14.4 Å². The summed E-state index contributed by atoms with van der Waals surface area (Å²) in [7, 11) is 2.23. The highest BCUT2D eigenvalue weighted by atomic mass is 19.4. The van der Waals surface area contributed by atoms with Crippen LogP contribution in [0.15, 0.2) is 30.5 Å². The molecule has 1 aromatic carbocycles. The molecule has 1 saturated heterocycles. The highest BCUT2D eigenvalue weighted by Crippen LogP contribution is 2.55. The number of nitrogens with one attached hydrogen (secondary N) is 2. The highest BCUT2D eigenvalue weighted by Gasteiger charge is 2.65. The van der Waals surface area contributed by atoms with E-state index in [0.29, 0.717) is 0 Å². The summed E-state index contributed by atoms with van der Waals surface area (Å²) in [6.07, 6.45) is -5.48. The van der Waals surface area contributed by atoms with Crippen LogP contribution in [0.25, 0.3) is 0 Å². The number of aromatic nitrogens is 1. The average Bonchev–Trinajstić information content (AvgIpc) is 3.08. The van der Waals surface area contributed by atoms with Crippen molar-refractivity contribution in [1.29, 1.82) is 0 Å². The number of alkyl halides is 3. The smallest absolute Gasteiger partial charge is 0.417 e. The number of halogens is 5. The molecule has 3 rings (SSSR count). The van der Waals surface area contributed by atoms with Crippen LogP contribution < -0.4 is 15.5 Å². The van der Waals surface area contributed by atoms with Crippen molar-refractivity contribution in [1.82, 2.24) is 10.5 Å². The summed E-state index contributed by atoms with van der Waals surface area (Å²) in [6, 6.07) is 4.27. The van der Waals surface area contributed by atoms with Gasteiger partial charge in [-0.3, -0.25) is 19.4 Å². The minimum atomic E-state index is -4.90. The quantitative estimate of drug-likeness (QED) is 0.461. The molecule has 1 aliphatic rings. The highest BCUT2D eigenvalue weighted by molar-refractivity contribution is 5.97. The molecule has 190 valence electrons. The van der Waals surface area contributed by atoms with E-state index in [2.05, 4.69) is 15.1 Å². The van der Waals surface area contributed by atoms with Gasteiger partial charge in [-0.2, -0.15) is 17.6 Å². The molecule has 0 spiro atoms. The van der Waals surface area contributed by atoms with Crippen LogP contribution in [0.2, 0.25) is 0 Å². The number of anilines is 1. The van der Waals surface area contributed by atoms with Crippen LogP contribution in [0.5, 0.6) is 5.75 Å². The van der Waals surface area contributed by atoms with Gasteiger partial charge in [-0.15, -0.1) is 0 Å². The van der Waals surface area contributed by atoms with E-state index in [0.717, 1.165) is 26.2 Å². The molecule has 2 aromatic rings. The number of rotatable bonds is 6. The third-order valence-corrected chi connectivity index (χ3v) is 6.03. The average molecular weight is 503 g/mol. The van der Waals surface area contributed by atoms with E-state index in [1.54, 1.807) is 0 Å². The number of carbonyl (C=O) groups excluding carboxylic acids is 2. The zero-order valence-electron chi connectivity index (χ0n) is 19.0. The van der Waals surface area contributed by atoms with Crippen LogP contribution in [0.3, 0.4) is 0 Å². The maximum absolute atomic E-state index is 14.4. The lowest BCUT2D eigenvalue weighted by atomic mass is 9.77. The van der Waals surface area contributed by atoms with Gasteiger partial charge in [0, 0.05) is 29.3 Å². The van der Waals surface area contributed by atoms with Crippen molar-refractivity contribution in [3.8, 4) is 5.75 Å². The number of pyridine rings is 1. The number of benzene rings is 1. The van der Waals surface area contributed by atoms with Gasteiger partial charge >= 0.3 is 6.18 Å². The van der Waals surface area contributed by atoms with Gasteiger partial charge < -0.3 is 14.8 Å². The number of nitrogens with zero attached hydrogens (tertiary/aromatic N) is 1. The van der Waals surface area contributed by atoms with E-state index in [9.17, 15) is 31.5 Å². The minimum absolute atomic E-state index is 0.0270. The first-order valence-electron chi connectivity index (χ1n) is 10.2. The molecule has 2 heterocycles. The van der Waals surface area contributed by atoms with Crippen molar-refractivity contribution in [2.45, 2.75) is 37.6 Å². The van der Waals surface area contributed by atoms with E-state index in [4.69, 9.17) is 9.47 Å². The lowest BCUT2D eigenvalue weighted by Gasteiger charge is -2.32. The van der Waals surface area contributed by atoms with E-state index in [-0.39, 0.29) is 16.9 Å². The minimum Gasteiger partial charge on any atom is -0.493 e. The molecule has 13 heteroatoms. The van der Waals surface area contributed by atoms with E-state index >= 15 is 0 Å². The van der Waals surface area contributed by atoms with Crippen molar-refractivity contribution in [3.63, 3.8) is 0 Å². The second-order valence-corrected chi connectivity index (χ2v) is 8.00. The summed E-state index contributed by atoms with van der Waals surface area (Å²) >= 11 is 0. The number of methoxy groups -OCH3 is 1. The number of amides is 2. The first-order chi connectivity index (χ1) is 16.4. The second kappa shape index (κ2) is 9.74. The molecule has 35 heavy (non-hydrogen) atoms. The number of ether oxygens (including phenoxy) is 2. The fraction of sp³-hybridized carbons (Fsp3) is 0.409. The monoisotopic (exact) mass is 503 g/mol. The molecular weight excluding hydrogens is 481 g/mol. The number of hydrogen-bond acceptors (Lipinski definition) is 6.